The van der Waals surface area contributed by atoms with Crippen LogP contribution in [0.1, 0.15) is 11.6 Å². The van der Waals surface area contributed by atoms with Gasteiger partial charge in [0.1, 0.15) is 17.8 Å². The van der Waals surface area contributed by atoms with E-state index in [0.717, 1.165) is 16.8 Å². The number of nitrogens with one attached hydrogen (secondary N) is 1. The van der Waals surface area contributed by atoms with E-state index in [0.29, 0.717) is 16.5 Å². The zero-order valence-corrected chi connectivity index (χ0v) is 14.8. The van der Waals surface area contributed by atoms with Crippen molar-refractivity contribution in [3.05, 3.63) is 64.4 Å². The van der Waals surface area contributed by atoms with E-state index >= 15 is 0 Å². The predicted octanol–water partition coefficient (Wildman–Crippen LogP) is 1.54. The quantitative estimate of drug-likeness (QED) is 0.641. The van der Waals surface area contributed by atoms with Crippen LogP contribution in [0, 0.1) is 0 Å². The number of benzene rings is 2. The third-order valence-electron chi connectivity index (χ3n) is 3.96. The van der Waals surface area contributed by atoms with Gasteiger partial charge in [-0.2, -0.15) is 0 Å². The first-order valence-electron chi connectivity index (χ1n) is 8.35. The van der Waals surface area contributed by atoms with Crippen molar-refractivity contribution in [3.63, 3.8) is 0 Å². The van der Waals surface area contributed by atoms with E-state index in [1.807, 2.05) is 0 Å². The van der Waals surface area contributed by atoms with E-state index in [9.17, 15) is 27.9 Å². The summed E-state index contributed by atoms with van der Waals surface area (Å²) in [6, 6.07) is 10.3. The van der Waals surface area contributed by atoms with Gasteiger partial charge in [-0.25, -0.2) is 4.68 Å². The molecule has 0 fully saturated rings. The molecule has 0 spiro atoms. The van der Waals surface area contributed by atoms with E-state index in [1.165, 1.54) is 12.1 Å². The normalized spacial score (nSPS) is 12.6. The van der Waals surface area contributed by atoms with Gasteiger partial charge in [-0.15, -0.1) is 18.3 Å². The van der Waals surface area contributed by atoms with E-state index in [1.54, 1.807) is 24.3 Å². The lowest BCUT2D eigenvalue weighted by molar-refractivity contribution is -0.274. The molecule has 2 N–H and O–H groups in total. The van der Waals surface area contributed by atoms with Crippen LogP contribution in [-0.4, -0.2) is 39.0 Å². The van der Waals surface area contributed by atoms with Gasteiger partial charge in [0.15, 0.2) is 0 Å². The first-order chi connectivity index (χ1) is 13.8. The van der Waals surface area contributed by atoms with Gasteiger partial charge < -0.3 is 15.2 Å². The lowest BCUT2D eigenvalue weighted by Gasteiger charge is -2.17. The lowest BCUT2D eigenvalue weighted by Crippen LogP contribution is -2.37. The van der Waals surface area contributed by atoms with Crippen molar-refractivity contribution >= 4 is 16.8 Å². The molecule has 0 bridgehead atoms. The summed E-state index contributed by atoms with van der Waals surface area (Å²) < 4.78 is 41.3. The molecule has 1 amide bonds. The van der Waals surface area contributed by atoms with Crippen molar-refractivity contribution in [1.29, 1.82) is 0 Å². The second kappa shape index (κ2) is 8.27. The molecule has 3 rings (SSSR count). The highest BCUT2D eigenvalue weighted by molar-refractivity contribution is 5.78. The van der Waals surface area contributed by atoms with Gasteiger partial charge in [-0.1, -0.05) is 29.5 Å². The monoisotopic (exact) mass is 408 g/mol. The number of alkyl halides is 3. The summed E-state index contributed by atoms with van der Waals surface area (Å²) in [6.45, 7) is -0.952. The van der Waals surface area contributed by atoms with Crippen LogP contribution in [0.4, 0.5) is 13.2 Å². The van der Waals surface area contributed by atoms with E-state index in [2.05, 4.69) is 20.4 Å². The summed E-state index contributed by atoms with van der Waals surface area (Å²) in [5.74, 6) is -1.06. The van der Waals surface area contributed by atoms with Crippen molar-refractivity contribution < 1.29 is 27.8 Å². The summed E-state index contributed by atoms with van der Waals surface area (Å²) in [5.41, 5.74) is 0.246. The molecular weight excluding hydrogens is 393 g/mol. The number of aliphatic hydroxyl groups excluding tert-OH is 1. The summed E-state index contributed by atoms with van der Waals surface area (Å²) in [7, 11) is 0. The van der Waals surface area contributed by atoms with Crippen molar-refractivity contribution in [3.8, 4) is 5.75 Å². The largest absolute Gasteiger partial charge is 0.573 e. The molecule has 2 aromatic carbocycles. The van der Waals surface area contributed by atoms with Gasteiger partial charge in [0.2, 0.25) is 5.91 Å². The summed E-state index contributed by atoms with van der Waals surface area (Å²) in [5, 5.41) is 19.9. The number of fused-ring (bicyclic) bond motifs is 1. The Bertz CT molecular complexity index is 1070. The fourth-order valence-electron chi connectivity index (χ4n) is 2.64. The number of aromatic nitrogens is 3. The van der Waals surface area contributed by atoms with Crippen LogP contribution in [-0.2, 0) is 11.3 Å². The number of hydrogen-bond donors (Lipinski definition) is 2. The van der Waals surface area contributed by atoms with Crippen LogP contribution in [0.15, 0.2) is 53.3 Å². The molecule has 152 valence electrons. The minimum absolute atomic E-state index is 0.300. The highest BCUT2D eigenvalue weighted by Gasteiger charge is 2.31. The number of aliphatic hydroxyl groups is 1. The smallest absolute Gasteiger partial charge is 0.406 e. The van der Waals surface area contributed by atoms with Crippen molar-refractivity contribution in [1.82, 2.24) is 20.3 Å². The van der Waals surface area contributed by atoms with Gasteiger partial charge in [0.25, 0.3) is 5.56 Å². The third-order valence-corrected chi connectivity index (χ3v) is 3.96. The highest BCUT2D eigenvalue weighted by Crippen LogP contribution is 2.24. The summed E-state index contributed by atoms with van der Waals surface area (Å²) >= 11 is 0. The molecule has 11 heteroatoms. The van der Waals surface area contributed by atoms with Gasteiger partial charge in [-0.05, 0) is 29.8 Å². The number of rotatable bonds is 6. The minimum Gasteiger partial charge on any atom is -0.406 e. The molecule has 0 saturated heterocycles. The van der Waals surface area contributed by atoms with Gasteiger partial charge in [-0.3, -0.25) is 9.59 Å². The van der Waals surface area contributed by atoms with Gasteiger partial charge in [0.05, 0.1) is 18.0 Å². The first kappa shape index (κ1) is 20.3. The topological polar surface area (TPSA) is 106 Å². The molecule has 0 aliphatic rings. The number of amides is 1. The molecule has 0 saturated carbocycles. The average molecular weight is 408 g/mol. The Hall–Kier alpha value is -3.47. The molecule has 29 heavy (non-hydrogen) atoms. The molecule has 1 atom stereocenters. The second-order valence-electron chi connectivity index (χ2n) is 5.99. The Morgan fingerprint density at radius 3 is 2.52 bits per heavy atom. The Balaban J connectivity index is 1.70. The van der Waals surface area contributed by atoms with E-state index in [4.69, 9.17) is 0 Å². The van der Waals surface area contributed by atoms with Gasteiger partial charge in [0, 0.05) is 0 Å². The maximum atomic E-state index is 12.4. The first-order valence-corrected chi connectivity index (χ1v) is 8.35. The maximum Gasteiger partial charge on any atom is 0.573 e. The maximum absolute atomic E-state index is 12.4. The molecule has 0 aliphatic carbocycles. The molecule has 1 heterocycles. The number of hydrogen-bond acceptors (Lipinski definition) is 6. The number of carbonyl (C=O) groups is 1. The SMILES string of the molecule is O=C(Cn1nnc2ccccc2c1=O)N[C@@H](CO)c1ccc(OC(F)(F)F)cc1. The fraction of sp³-hybridized carbons (Fsp3) is 0.222. The standard InChI is InChI=1S/C18H15F3N4O4/c19-18(20,21)29-12-7-5-11(6-8-12)15(10-26)22-16(27)9-25-17(28)13-3-1-2-4-14(13)23-24-25/h1-8,15,26H,9-10H2,(H,22,27)/t15-/m0/s1. The molecule has 0 unspecified atom stereocenters. The van der Waals surface area contributed by atoms with Crippen LogP contribution < -0.4 is 15.6 Å². The predicted molar refractivity (Wildman–Crippen MR) is 94.9 cm³/mol. The van der Waals surface area contributed by atoms with Crippen LogP contribution in [0.5, 0.6) is 5.75 Å². The van der Waals surface area contributed by atoms with Crippen LogP contribution >= 0.6 is 0 Å². The zero-order chi connectivity index (χ0) is 21.0. The number of nitrogens with zero attached hydrogens (tertiary/aromatic N) is 3. The Morgan fingerprint density at radius 1 is 1.17 bits per heavy atom. The third kappa shape index (κ3) is 5.08. The molecule has 3 aromatic rings. The van der Waals surface area contributed by atoms with Crippen LogP contribution in [0.2, 0.25) is 0 Å². The Labute approximate surface area is 161 Å². The van der Waals surface area contributed by atoms with Crippen molar-refractivity contribution in [2.45, 2.75) is 18.9 Å². The molecule has 0 aliphatic heterocycles. The molecule has 1 aromatic heterocycles. The van der Waals surface area contributed by atoms with Crippen molar-refractivity contribution in [2.75, 3.05) is 6.61 Å². The van der Waals surface area contributed by atoms with E-state index < -0.39 is 42.8 Å². The summed E-state index contributed by atoms with van der Waals surface area (Å²) in [6.07, 6.45) is -4.82. The Morgan fingerprint density at radius 2 is 1.86 bits per heavy atom. The average Bonchev–Trinajstić information content (AvgIpc) is 2.68. The molecular formula is C18H15F3N4O4. The highest BCUT2D eigenvalue weighted by atomic mass is 19.4. The van der Waals surface area contributed by atoms with Crippen LogP contribution in [0.25, 0.3) is 10.9 Å². The van der Waals surface area contributed by atoms with E-state index in [-0.39, 0.29) is 0 Å². The molecule has 8 nitrogen and oxygen atoms in total. The Kier molecular flexibility index (Phi) is 5.78. The van der Waals surface area contributed by atoms with Crippen LogP contribution in [0.3, 0.4) is 0 Å². The van der Waals surface area contributed by atoms with Gasteiger partial charge >= 0.3 is 6.36 Å². The number of ether oxygens (including phenoxy) is 1. The van der Waals surface area contributed by atoms with Crippen molar-refractivity contribution in [2.24, 2.45) is 0 Å². The fourth-order valence-corrected chi connectivity index (χ4v) is 2.64. The number of carbonyl (C=O) groups excluding carboxylic acids is 1. The zero-order valence-electron chi connectivity index (χ0n) is 14.8. The summed E-state index contributed by atoms with van der Waals surface area (Å²) in [4.78, 5) is 24.6. The second-order valence-corrected chi connectivity index (χ2v) is 5.99. The number of halogens is 3. The minimum atomic E-state index is -4.82. The molecule has 0 radical (unpaired) electrons. The lowest BCUT2D eigenvalue weighted by atomic mass is 10.1.